The summed E-state index contributed by atoms with van der Waals surface area (Å²) in [6.45, 7) is -0.142. The molecule has 0 fully saturated rings. The van der Waals surface area contributed by atoms with E-state index < -0.39 is 18.5 Å². The van der Waals surface area contributed by atoms with Gasteiger partial charge in [0.05, 0.1) is 17.8 Å². The van der Waals surface area contributed by atoms with Gasteiger partial charge in [0.25, 0.3) is 5.91 Å². The van der Waals surface area contributed by atoms with Gasteiger partial charge >= 0.3 is 5.97 Å². The lowest BCUT2D eigenvalue weighted by Crippen LogP contribution is -2.18. The van der Waals surface area contributed by atoms with Crippen molar-refractivity contribution in [3.63, 3.8) is 0 Å². The van der Waals surface area contributed by atoms with E-state index in [1.165, 1.54) is 43.4 Å². The van der Waals surface area contributed by atoms with E-state index in [4.69, 9.17) is 4.42 Å². The van der Waals surface area contributed by atoms with Crippen molar-refractivity contribution in [1.29, 1.82) is 0 Å². The van der Waals surface area contributed by atoms with E-state index in [1.54, 1.807) is 24.3 Å². The van der Waals surface area contributed by atoms with Crippen molar-refractivity contribution in [2.75, 3.05) is 25.6 Å². The maximum Gasteiger partial charge on any atom is 0.335 e. The quantitative estimate of drug-likeness (QED) is 0.290. The molecule has 1 aromatic heterocycles. The number of carbonyl (C=O) groups excluding carboxylic acids is 1. The molecular weight excluding hydrogens is 442 g/mol. The molecule has 0 bridgehead atoms. The summed E-state index contributed by atoms with van der Waals surface area (Å²) in [6, 6.07) is 15.5. The highest BCUT2D eigenvalue weighted by atomic mass is 19.1. The number of halogens is 2. The lowest BCUT2D eigenvalue weighted by Gasteiger charge is -2.13. The molecule has 0 spiro atoms. The summed E-state index contributed by atoms with van der Waals surface area (Å²) in [7, 11) is 1.50. The Balaban J connectivity index is 1.97. The number of carbonyl (C=O) groups is 2. The van der Waals surface area contributed by atoms with E-state index in [-0.39, 0.29) is 29.2 Å². The third-order valence-electron chi connectivity index (χ3n) is 5.44. The Morgan fingerprint density at radius 2 is 1.79 bits per heavy atom. The number of nitrogens with one attached hydrogen (secondary N) is 2. The third-order valence-corrected chi connectivity index (χ3v) is 5.44. The first-order valence-corrected chi connectivity index (χ1v) is 10.6. The van der Waals surface area contributed by atoms with Gasteiger partial charge in [-0.3, -0.25) is 9.18 Å². The van der Waals surface area contributed by atoms with Crippen molar-refractivity contribution in [3.05, 3.63) is 77.6 Å². The highest BCUT2D eigenvalue weighted by molar-refractivity contribution is 6.12. The number of amides is 1. The van der Waals surface area contributed by atoms with Crippen LogP contribution in [0.3, 0.4) is 0 Å². The highest BCUT2D eigenvalue weighted by Crippen LogP contribution is 2.40. The molecule has 4 rings (SSSR count). The lowest BCUT2D eigenvalue weighted by molar-refractivity contribution is 0.0696. The van der Waals surface area contributed by atoms with Gasteiger partial charge in [-0.1, -0.05) is 12.1 Å². The van der Waals surface area contributed by atoms with Crippen molar-refractivity contribution in [2.24, 2.45) is 0 Å². The van der Waals surface area contributed by atoms with Crippen LogP contribution in [0.4, 0.5) is 14.5 Å². The van der Waals surface area contributed by atoms with Gasteiger partial charge in [0.15, 0.2) is 0 Å². The number of fused-ring (bicyclic) bond motifs is 1. The summed E-state index contributed by atoms with van der Waals surface area (Å²) in [4.78, 5) is 24.4. The van der Waals surface area contributed by atoms with Crippen molar-refractivity contribution in [3.8, 4) is 22.5 Å². The molecular formula is C26H22F2N2O4. The van der Waals surface area contributed by atoms with Crippen LogP contribution in [0.25, 0.3) is 33.4 Å². The predicted molar refractivity (Wildman–Crippen MR) is 126 cm³/mol. The van der Waals surface area contributed by atoms with Gasteiger partial charge in [-0.15, -0.1) is 0 Å². The second-order valence-electron chi connectivity index (χ2n) is 7.64. The number of carboxylic acid groups (broad SMARTS) is 1. The van der Waals surface area contributed by atoms with E-state index in [0.29, 0.717) is 39.9 Å². The predicted octanol–water partition coefficient (Wildman–Crippen LogP) is 5.74. The Kier molecular flexibility index (Phi) is 6.58. The van der Waals surface area contributed by atoms with Crippen molar-refractivity contribution < 1.29 is 27.9 Å². The Labute approximate surface area is 194 Å². The molecule has 0 saturated heterocycles. The number of rotatable bonds is 8. The van der Waals surface area contributed by atoms with E-state index in [2.05, 4.69) is 10.6 Å². The zero-order valence-electron chi connectivity index (χ0n) is 18.3. The van der Waals surface area contributed by atoms with Crippen LogP contribution in [0.1, 0.15) is 27.1 Å². The minimum Gasteiger partial charge on any atom is -0.478 e. The molecule has 0 aliphatic rings. The third kappa shape index (κ3) is 4.47. The number of furan rings is 1. The first-order chi connectivity index (χ1) is 16.4. The molecule has 6 nitrogen and oxygen atoms in total. The number of hydrogen-bond acceptors (Lipinski definition) is 4. The Morgan fingerprint density at radius 1 is 1.03 bits per heavy atom. The zero-order chi connectivity index (χ0) is 24.2. The number of carboxylic acids is 1. The molecule has 1 heterocycles. The first kappa shape index (κ1) is 23.0. The lowest BCUT2D eigenvalue weighted by atomic mass is 9.97. The van der Waals surface area contributed by atoms with Crippen molar-refractivity contribution in [2.45, 2.75) is 6.42 Å². The molecule has 8 heteroatoms. The number of anilines is 1. The molecule has 0 aliphatic heterocycles. The SMILES string of the molecule is CNC(=O)c1c(-c2ccc(F)cc2)oc2cc(NCCCF)c(-c3cccc(C(=O)O)c3)cc12. The number of alkyl halides is 1. The Morgan fingerprint density at radius 3 is 2.47 bits per heavy atom. The summed E-state index contributed by atoms with van der Waals surface area (Å²) in [5.74, 6) is -1.59. The van der Waals surface area contributed by atoms with E-state index in [9.17, 15) is 23.5 Å². The van der Waals surface area contributed by atoms with Gasteiger partial charge in [0.1, 0.15) is 17.2 Å². The van der Waals surface area contributed by atoms with Gasteiger partial charge in [-0.05, 0) is 54.4 Å². The molecule has 0 saturated carbocycles. The van der Waals surface area contributed by atoms with Gasteiger partial charge in [0.2, 0.25) is 0 Å². The van der Waals surface area contributed by atoms with Crippen LogP contribution in [-0.2, 0) is 0 Å². The van der Waals surface area contributed by atoms with E-state index in [0.717, 1.165) is 0 Å². The first-order valence-electron chi connectivity index (χ1n) is 10.6. The molecule has 1 amide bonds. The van der Waals surface area contributed by atoms with Crippen LogP contribution in [0, 0.1) is 5.82 Å². The van der Waals surface area contributed by atoms with Gasteiger partial charge in [0, 0.05) is 41.9 Å². The molecule has 0 unspecified atom stereocenters. The zero-order valence-corrected chi connectivity index (χ0v) is 18.3. The fourth-order valence-corrected chi connectivity index (χ4v) is 3.79. The largest absolute Gasteiger partial charge is 0.478 e. The molecule has 0 atom stereocenters. The fourth-order valence-electron chi connectivity index (χ4n) is 3.79. The second kappa shape index (κ2) is 9.74. The number of hydrogen-bond donors (Lipinski definition) is 3. The van der Waals surface area contributed by atoms with Gasteiger partial charge in [-0.2, -0.15) is 0 Å². The topological polar surface area (TPSA) is 91.6 Å². The maximum absolute atomic E-state index is 13.5. The van der Waals surface area contributed by atoms with E-state index >= 15 is 0 Å². The molecule has 0 radical (unpaired) electrons. The molecule has 3 aromatic carbocycles. The molecule has 4 aromatic rings. The van der Waals surface area contributed by atoms with Crippen LogP contribution in [-0.4, -0.2) is 37.3 Å². The minimum atomic E-state index is -1.07. The summed E-state index contributed by atoms with van der Waals surface area (Å²) in [5.41, 5.74) is 3.15. The van der Waals surface area contributed by atoms with Gasteiger partial charge < -0.3 is 20.2 Å². The minimum absolute atomic E-state index is 0.109. The highest BCUT2D eigenvalue weighted by Gasteiger charge is 2.23. The second-order valence-corrected chi connectivity index (χ2v) is 7.64. The summed E-state index contributed by atoms with van der Waals surface area (Å²) >= 11 is 0. The smallest absolute Gasteiger partial charge is 0.335 e. The molecule has 3 N–H and O–H groups in total. The monoisotopic (exact) mass is 464 g/mol. The summed E-state index contributed by atoms with van der Waals surface area (Å²) < 4.78 is 32.3. The normalized spacial score (nSPS) is 10.9. The number of aromatic carboxylic acids is 1. The van der Waals surface area contributed by atoms with Gasteiger partial charge in [-0.25, -0.2) is 9.18 Å². The average molecular weight is 464 g/mol. The maximum atomic E-state index is 13.5. The van der Waals surface area contributed by atoms with Crippen LogP contribution < -0.4 is 10.6 Å². The molecule has 174 valence electrons. The average Bonchev–Trinajstić information content (AvgIpc) is 3.22. The van der Waals surface area contributed by atoms with Crippen LogP contribution in [0.15, 0.2) is 65.1 Å². The molecule has 34 heavy (non-hydrogen) atoms. The van der Waals surface area contributed by atoms with Crippen molar-refractivity contribution >= 4 is 28.5 Å². The van der Waals surface area contributed by atoms with E-state index in [1.807, 2.05) is 0 Å². The Hall–Kier alpha value is -4.20. The Bertz CT molecular complexity index is 1360. The standard InChI is InChI=1S/C26H22F2N2O4/c1-29-25(31)23-20-13-19(16-4-2-5-17(12-16)26(32)33)21(30-11-3-10-27)14-22(20)34-24(23)15-6-8-18(28)9-7-15/h2,4-9,12-14,30H,3,10-11H2,1H3,(H,29,31)(H,32,33). The fraction of sp³-hybridized carbons (Fsp3) is 0.154. The summed E-state index contributed by atoms with van der Waals surface area (Å²) in [5, 5.41) is 15.7. The molecule has 0 aliphatic carbocycles. The van der Waals surface area contributed by atoms with Crippen LogP contribution >= 0.6 is 0 Å². The number of benzene rings is 3. The van der Waals surface area contributed by atoms with Crippen LogP contribution in [0.2, 0.25) is 0 Å². The van der Waals surface area contributed by atoms with Crippen molar-refractivity contribution in [1.82, 2.24) is 5.32 Å². The van der Waals surface area contributed by atoms with Crippen LogP contribution in [0.5, 0.6) is 0 Å². The summed E-state index contributed by atoms with van der Waals surface area (Å²) in [6.07, 6.45) is 0.287.